The fourth-order valence-electron chi connectivity index (χ4n) is 2.63. The van der Waals surface area contributed by atoms with Crippen LogP contribution in [-0.4, -0.2) is 39.8 Å². The second-order valence-corrected chi connectivity index (χ2v) is 5.56. The summed E-state index contributed by atoms with van der Waals surface area (Å²) in [6.45, 7) is 2.82. The average Bonchev–Trinajstić information content (AvgIpc) is 3.25. The Bertz CT molecular complexity index is 260. The minimum atomic E-state index is 0.802. The van der Waals surface area contributed by atoms with E-state index in [1.807, 2.05) is 7.05 Å². The molecule has 2 rings (SSSR count). The number of guanidine groups is 1. The highest BCUT2D eigenvalue weighted by atomic mass is 16.5. The van der Waals surface area contributed by atoms with Crippen LogP contribution >= 0.6 is 0 Å². The van der Waals surface area contributed by atoms with Gasteiger partial charge in [-0.15, -0.1) is 0 Å². The molecule has 2 fully saturated rings. The standard InChI is InChI=1S/C14H27N3O/c1-15-14(16-8-3-9-18-2)17-10-13(11-4-5-11)12-6-7-12/h11-13H,3-10H2,1-2H3,(H2,15,16,17). The van der Waals surface area contributed by atoms with E-state index in [1.165, 1.54) is 25.7 Å². The highest BCUT2D eigenvalue weighted by molar-refractivity contribution is 5.79. The van der Waals surface area contributed by atoms with E-state index < -0.39 is 0 Å². The van der Waals surface area contributed by atoms with Crippen molar-refractivity contribution in [2.24, 2.45) is 22.7 Å². The van der Waals surface area contributed by atoms with Gasteiger partial charge in [-0.25, -0.2) is 0 Å². The molecular formula is C14H27N3O. The van der Waals surface area contributed by atoms with E-state index in [-0.39, 0.29) is 0 Å². The SMILES string of the molecule is CN=C(NCCCOC)NCC(C1CC1)C1CC1. The van der Waals surface area contributed by atoms with Crippen LogP contribution < -0.4 is 10.6 Å². The molecule has 0 aromatic rings. The second-order valence-electron chi connectivity index (χ2n) is 5.56. The first kappa shape index (κ1) is 13.7. The lowest BCUT2D eigenvalue weighted by atomic mass is 9.98. The van der Waals surface area contributed by atoms with Gasteiger partial charge in [-0.1, -0.05) is 0 Å². The largest absolute Gasteiger partial charge is 0.385 e. The van der Waals surface area contributed by atoms with Gasteiger partial charge in [0.15, 0.2) is 5.96 Å². The molecule has 4 heteroatoms. The molecule has 0 unspecified atom stereocenters. The maximum atomic E-state index is 5.03. The summed E-state index contributed by atoms with van der Waals surface area (Å²) in [6, 6.07) is 0. The summed E-state index contributed by atoms with van der Waals surface area (Å²) in [4.78, 5) is 4.27. The summed E-state index contributed by atoms with van der Waals surface area (Å²) < 4.78 is 5.03. The Balaban J connectivity index is 1.63. The summed E-state index contributed by atoms with van der Waals surface area (Å²) in [5, 5.41) is 6.82. The Morgan fingerprint density at radius 2 is 1.89 bits per heavy atom. The van der Waals surface area contributed by atoms with Gasteiger partial charge in [0.25, 0.3) is 0 Å². The van der Waals surface area contributed by atoms with Gasteiger partial charge in [-0.05, 0) is 49.9 Å². The fourth-order valence-corrected chi connectivity index (χ4v) is 2.63. The van der Waals surface area contributed by atoms with Crippen LogP contribution in [0.4, 0.5) is 0 Å². The van der Waals surface area contributed by atoms with Crippen LogP contribution in [0.15, 0.2) is 4.99 Å². The molecular weight excluding hydrogens is 226 g/mol. The molecule has 18 heavy (non-hydrogen) atoms. The van der Waals surface area contributed by atoms with Crippen molar-refractivity contribution < 1.29 is 4.74 Å². The first-order valence-corrected chi connectivity index (χ1v) is 7.28. The second kappa shape index (κ2) is 6.98. The third kappa shape index (κ3) is 4.48. The van der Waals surface area contributed by atoms with Crippen LogP contribution in [0.25, 0.3) is 0 Å². The molecule has 2 aliphatic rings. The number of nitrogens with one attached hydrogen (secondary N) is 2. The van der Waals surface area contributed by atoms with E-state index in [1.54, 1.807) is 7.11 Å². The molecule has 104 valence electrons. The quantitative estimate of drug-likeness (QED) is 0.392. The first-order chi connectivity index (χ1) is 8.85. The zero-order chi connectivity index (χ0) is 12.8. The molecule has 4 nitrogen and oxygen atoms in total. The van der Waals surface area contributed by atoms with E-state index in [0.717, 1.165) is 49.8 Å². The molecule has 2 N–H and O–H groups in total. The number of rotatable bonds is 8. The summed E-state index contributed by atoms with van der Waals surface area (Å²) >= 11 is 0. The Morgan fingerprint density at radius 3 is 2.39 bits per heavy atom. The van der Waals surface area contributed by atoms with E-state index >= 15 is 0 Å². The normalized spacial score (nSPS) is 20.3. The molecule has 0 atom stereocenters. The van der Waals surface area contributed by atoms with E-state index in [2.05, 4.69) is 15.6 Å². The van der Waals surface area contributed by atoms with Crippen LogP contribution in [0.5, 0.6) is 0 Å². The molecule has 0 spiro atoms. The first-order valence-electron chi connectivity index (χ1n) is 7.28. The Morgan fingerprint density at radius 1 is 1.22 bits per heavy atom. The molecule has 2 aliphatic carbocycles. The molecule has 0 aliphatic heterocycles. The maximum absolute atomic E-state index is 5.03. The Labute approximate surface area is 111 Å². The maximum Gasteiger partial charge on any atom is 0.190 e. The van der Waals surface area contributed by atoms with Gasteiger partial charge in [0.05, 0.1) is 0 Å². The lowest BCUT2D eigenvalue weighted by Crippen LogP contribution is -2.41. The molecule has 2 saturated carbocycles. The highest BCUT2D eigenvalue weighted by Gasteiger charge is 2.41. The molecule has 0 amide bonds. The number of hydrogen-bond donors (Lipinski definition) is 2. The van der Waals surface area contributed by atoms with Crippen LogP contribution in [-0.2, 0) is 4.74 Å². The predicted octanol–water partition coefficient (Wildman–Crippen LogP) is 1.62. The van der Waals surface area contributed by atoms with Crippen molar-refractivity contribution in [3.8, 4) is 0 Å². The molecule has 0 heterocycles. The van der Waals surface area contributed by atoms with Crippen molar-refractivity contribution in [3.05, 3.63) is 0 Å². The van der Waals surface area contributed by atoms with Gasteiger partial charge in [-0.3, -0.25) is 4.99 Å². The Hall–Kier alpha value is -0.770. The molecule has 0 aromatic heterocycles. The number of nitrogens with zero attached hydrogens (tertiary/aromatic N) is 1. The zero-order valence-corrected chi connectivity index (χ0v) is 11.7. The predicted molar refractivity (Wildman–Crippen MR) is 74.8 cm³/mol. The smallest absolute Gasteiger partial charge is 0.190 e. The van der Waals surface area contributed by atoms with Crippen molar-refractivity contribution in [1.29, 1.82) is 0 Å². The van der Waals surface area contributed by atoms with Gasteiger partial charge in [0, 0.05) is 33.9 Å². The summed E-state index contributed by atoms with van der Waals surface area (Å²) in [7, 11) is 3.58. The van der Waals surface area contributed by atoms with E-state index in [0.29, 0.717) is 0 Å². The van der Waals surface area contributed by atoms with Crippen molar-refractivity contribution in [3.63, 3.8) is 0 Å². The number of methoxy groups -OCH3 is 1. The van der Waals surface area contributed by atoms with Crippen LogP contribution in [0.3, 0.4) is 0 Å². The fraction of sp³-hybridized carbons (Fsp3) is 0.929. The van der Waals surface area contributed by atoms with Crippen LogP contribution in [0, 0.1) is 17.8 Å². The Kier molecular flexibility index (Phi) is 5.29. The van der Waals surface area contributed by atoms with E-state index in [4.69, 9.17) is 4.74 Å². The number of ether oxygens (including phenoxy) is 1. The van der Waals surface area contributed by atoms with Crippen LogP contribution in [0.2, 0.25) is 0 Å². The third-order valence-corrected chi connectivity index (χ3v) is 4.00. The molecule has 0 bridgehead atoms. The monoisotopic (exact) mass is 253 g/mol. The molecule has 0 aromatic carbocycles. The van der Waals surface area contributed by atoms with Gasteiger partial charge in [-0.2, -0.15) is 0 Å². The highest BCUT2D eigenvalue weighted by Crippen LogP contribution is 2.48. The zero-order valence-electron chi connectivity index (χ0n) is 11.7. The third-order valence-electron chi connectivity index (χ3n) is 4.00. The molecule has 0 radical (unpaired) electrons. The topological polar surface area (TPSA) is 45.7 Å². The van der Waals surface area contributed by atoms with Crippen molar-refractivity contribution in [1.82, 2.24) is 10.6 Å². The van der Waals surface area contributed by atoms with Crippen molar-refractivity contribution in [2.75, 3.05) is 33.9 Å². The van der Waals surface area contributed by atoms with Gasteiger partial charge < -0.3 is 15.4 Å². The van der Waals surface area contributed by atoms with Crippen LogP contribution in [0.1, 0.15) is 32.1 Å². The number of hydrogen-bond acceptors (Lipinski definition) is 2. The lowest BCUT2D eigenvalue weighted by Gasteiger charge is -2.18. The number of aliphatic imine (C=N–C) groups is 1. The van der Waals surface area contributed by atoms with Gasteiger partial charge in [0.2, 0.25) is 0 Å². The minimum Gasteiger partial charge on any atom is -0.385 e. The van der Waals surface area contributed by atoms with Gasteiger partial charge >= 0.3 is 0 Å². The summed E-state index contributed by atoms with van der Waals surface area (Å²) in [5.74, 6) is 3.83. The van der Waals surface area contributed by atoms with Crippen molar-refractivity contribution >= 4 is 5.96 Å². The van der Waals surface area contributed by atoms with Crippen molar-refractivity contribution in [2.45, 2.75) is 32.1 Å². The van der Waals surface area contributed by atoms with E-state index in [9.17, 15) is 0 Å². The summed E-state index contributed by atoms with van der Waals surface area (Å²) in [6.07, 6.45) is 6.81. The minimum absolute atomic E-state index is 0.802. The van der Waals surface area contributed by atoms with Gasteiger partial charge in [0.1, 0.15) is 0 Å². The lowest BCUT2D eigenvalue weighted by molar-refractivity contribution is 0.195. The summed E-state index contributed by atoms with van der Waals surface area (Å²) in [5.41, 5.74) is 0. The molecule has 0 saturated heterocycles. The average molecular weight is 253 g/mol.